The third-order valence-corrected chi connectivity index (χ3v) is 4.97. The molecule has 1 fully saturated rings. The minimum atomic E-state index is -0.595. The van der Waals surface area contributed by atoms with E-state index in [-0.39, 0.29) is 6.10 Å². The van der Waals surface area contributed by atoms with E-state index in [0.717, 1.165) is 25.0 Å². The summed E-state index contributed by atoms with van der Waals surface area (Å²) >= 11 is 5.99. The number of carbonyl (C=O) groups excluding carboxylic acids is 2. The van der Waals surface area contributed by atoms with Gasteiger partial charge < -0.3 is 19.1 Å². The SMILES string of the molecule is COC(=O)C1=CN(C[C@H]2CCCO2)C=C(C(=O)OC)C1c1ccc(Cl)cc1. The van der Waals surface area contributed by atoms with Crippen LogP contribution in [0.1, 0.15) is 24.3 Å². The molecule has 0 aliphatic carbocycles. The Morgan fingerprint density at radius 3 is 2.19 bits per heavy atom. The first kappa shape index (κ1) is 19.5. The Balaban J connectivity index is 2.01. The molecule has 0 unspecified atom stereocenters. The summed E-state index contributed by atoms with van der Waals surface area (Å²) in [6, 6.07) is 7.02. The molecule has 7 heteroatoms. The zero-order valence-electron chi connectivity index (χ0n) is 15.3. The van der Waals surface area contributed by atoms with E-state index < -0.39 is 17.9 Å². The van der Waals surface area contributed by atoms with Gasteiger partial charge in [0.15, 0.2) is 0 Å². The van der Waals surface area contributed by atoms with Gasteiger partial charge in [-0.25, -0.2) is 9.59 Å². The van der Waals surface area contributed by atoms with Gasteiger partial charge in [-0.3, -0.25) is 0 Å². The quantitative estimate of drug-likeness (QED) is 0.719. The molecule has 0 saturated carbocycles. The standard InChI is InChI=1S/C20H22ClNO5/c1-25-19(23)16-11-22(10-15-4-3-9-27-15)12-17(20(24)26-2)18(16)13-5-7-14(21)8-6-13/h5-8,11-12,15,18H,3-4,9-10H2,1-2H3/t15-/m1/s1. The van der Waals surface area contributed by atoms with Crippen LogP contribution in [0.25, 0.3) is 0 Å². The summed E-state index contributed by atoms with van der Waals surface area (Å²) in [6.07, 6.45) is 5.45. The normalized spacial score (nSPS) is 20.1. The number of esters is 2. The van der Waals surface area contributed by atoms with Crippen LogP contribution in [0.4, 0.5) is 0 Å². The van der Waals surface area contributed by atoms with Gasteiger partial charge in [0.25, 0.3) is 0 Å². The molecule has 144 valence electrons. The molecule has 0 spiro atoms. The van der Waals surface area contributed by atoms with Gasteiger partial charge >= 0.3 is 11.9 Å². The van der Waals surface area contributed by atoms with E-state index in [1.807, 2.05) is 0 Å². The Bertz CT molecular complexity index is 731. The maximum Gasteiger partial charge on any atom is 0.336 e. The molecule has 2 heterocycles. The van der Waals surface area contributed by atoms with Crippen molar-refractivity contribution in [1.29, 1.82) is 0 Å². The zero-order valence-corrected chi connectivity index (χ0v) is 16.1. The van der Waals surface area contributed by atoms with Crippen LogP contribution in [0.2, 0.25) is 5.02 Å². The molecule has 27 heavy (non-hydrogen) atoms. The van der Waals surface area contributed by atoms with Crippen LogP contribution in [0.5, 0.6) is 0 Å². The lowest BCUT2D eigenvalue weighted by atomic mass is 9.83. The van der Waals surface area contributed by atoms with Crippen molar-refractivity contribution >= 4 is 23.5 Å². The van der Waals surface area contributed by atoms with Crippen LogP contribution in [-0.2, 0) is 23.8 Å². The van der Waals surface area contributed by atoms with E-state index in [1.54, 1.807) is 41.6 Å². The van der Waals surface area contributed by atoms with Gasteiger partial charge in [-0.05, 0) is 30.5 Å². The van der Waals surface area contributed by atoms with E-state index in [1.165, 1.54) is 14.2 Å². The smallest absolute Gasteiger partial charge is 0.336 e. The van der Waals surface area contributed by atoms with E-state index in [4.69, 9.17) is 25.8 Å². The summed E-state index contributed by atoms with van der Waals surface area (Å²) in [6.45, 7) is 1.28. The molecule has 0 N–H and O–H groups in total. The summed E-state index contributed by atoms with van der Waals surface area (Å²) in [5, 5.41) is 0.571. The van der Waals surface area contributed by atoms with Crippen molar-refractivity contribution in [2.75, 3.05) is 27.4 Å². The molecule has 0 aromatic heterocycles. The minimum absolute atomic E-state index is 0.0578. The van der Waals surface area contributed by atoms with Crippen molar-refractivity contribution in [1.82, 2.24) is 4.90 Å². The highest BCUT2D eigenvalue weighted by Gasteiger charge is 2.35. The van der Waals surface area contributed by atoms with E-state index in [2.05, 4.69) is 0 Å². The van der Waals surface area contributed by atoms with Crippen molar-refractivity contribution < 1.29 is 23.8 Å². The number of ether oxygens (including phenoxy) is 3. The number of methoxy groups -OCH3 is 2. The molecule has 1 saturated heterocycles. The predicted octanol–water partition coefficient (Wildman–Crippen LogP) is 3.03. The number of hydrogen-bond acceptors (Lipinski definition) is 6. The van der Waals surface area contributed by atoms with E-state index >= 15 is 0 Å². The lowest BCUT2D eigenvalue weighted by molar-refractivity contribution is -0.137. The molecule has 0 radical (unpaired) electrons. The second kappa shape index (κ2) is 8.59. The minimum Gasteiger partial charge on any atom is -0.466 e. The average Bonchev–Trinajstić information content (AvgIpc) is 3.20. The molecule has 1 aromatic rings. The molecule has 6 nitrogen and oxygen atoms in total. The fraction of sp³-hybridized carbons (Fsp3) is 0.400. The Labute approximate surface area is 163 Å². The Morgan fingerprint density at radius 1 is 1.11 bits per heavy atom. The monoisotopic (exact) mass is 391 g/mol. The number of rotatable bonds is 5. The van der Waals surface area contributed by atoms with E-state index in [0.29, 0.717) is 22.7 Å². The first-order chi connectivity index (χ1) is 13.0. The van der Waals surface area contributed by atoms with Crippen molar-refractivity contribution in [2.45, 2.75) is 24.9 Å². The third kappa shape index (κ3) is 4.34. The maximum absolute atomic E-state index is 12.5. The summed E-state index contributed by atoms with van der Waals surface area (Å²) in [7, 11) is 2.64. The van der Waals surface area contributed by atoms with Crippen LogP contribution >= 0.6 is 11.6 Å². The lowest BCUT2D eigenvalue weighted by Gasteiger charge is -2.31. The fourth-order valence-corrected chi connectivity index (χ4v) is 3.56. The first-order valence-corrected chi connectivity index (χ1v) is 9.14. The molecule has 0 bridgehead atoms. The van der Waals surface area contributed by atoms with Crippen LogP contribution in [0.15, 0.2) is 47.8 Å². The predicted molar refractivity (Wildman–Crippen MR) is 100 cm³/mol. The first-order valence-electron chi connectivity index (χ1n) is 8.76. The number of carbonyl (C=O) groups is 2. The topological polar surface area (TPSA) is 65.1 Å². The second-order valence-electron chi connectivity index (χ2n) is 6.47. The molecule has 3 rings (SSSR count). The lowest BCUT2D eigenvalue weighted by Crippen LogP contribution is -2.32. The number of hydrogen-bond donors (Lipinski definition) is 0. The highest BCUT2D eigenvalue weighted by atomic mass is 35.5. The summed E-state index contributed by atoms with van der Waals surface area (Å²) < 4.78 is 15.6. The number of nitrogens with zero attached hydrogens (tertiary/aromatic N) is 1. The van der Waals surface area contributed by atoms with Crippen molar-refractivity contribution in [3.05, 3.63) is 58.4 Å². The Hall–Kier alpha value is -2.31. The number of benzene rings is 1. The summed E-state index contributed by atoms with van der Waals surface area (Å²) in [5.74, 6) is -1.59. The van der Waals surface area contributed by atoms with Gasteiger partial charge in [0.2, 0.25) is 0 Å². The van der Waals surface area contributed by atoms with Gasteiger partial charge in [0.05, 0.1) is 37.4 Å². The molecular formula is C20H22ClNO5. The largest absolute Gasteiger partial charge is 0.466 e. The van der Waals surface area contributed by atoms with Gasteiger partial charge in [0, 0.05) is 30.6 Å². The van der Waals surface area contributed by atoms with Crippen molar-refractivity contribution in [3.63, 3.8) is 0 Å². The maximum atomic E-state index is 12.5. The molecule has 1 atom stereocenters. The van der Waals surface area contributed by atoms with Gasteiger partial charge in [-0.1, -0.05) is 23.7 Å². The van der Waals surface area contributed by atoms with Crippen LogP contribution in [-0.4, -0.2) is 50.3 Å². The Kier molecular flexibility index (Phi) is 6.19. The average molecular weight is 392 g/mol. The Morgan fingerprint density at radius 2 is 1.70 bits per heavy atom. The second-order valence-corrected chi connectivity index (χ2v) is 6.90. The van der Waals surface area contributed by atoms with Gasteiger partial charge in [-0.2, -0.15) is 0 Å². The molecule has 0 amide bonds. The molecular weight excluding hydrogens is 370 g/mol. The van der Waals surface area contributed by atoms with Crippen LogP contribution in [0.3, 0.4) is 0 Å². The van der Waals surface area contributed by atoms with Crippen molar-refractivity contribution in [3.8, 4) is 0 Å². The summed E-state index contributed by atoms with van der Waals surface area (Å²) in [5.41, 5.74) is 1.48. The van der Waals surface area contributed by atoms with Gasteiger partial charge in [0.1, 0.15) is 0 Å². The number of halogens is 1. The molecule has 2 aliphatic rings. The van der Waals surface area contributed by atoms with Crippen molar-refractivity contribution in [2.24, 2.45) is 0 Å². The van der Waals surface area contributed by atoms with Crippen LogP contribution in [0, 0.1) is 0 Å². The highest BCUT2D eigenvalue weighted by Crippen LogP contribution is 2.37. The summed E-state index contributed by atoms with van der Waals surface area (Å²) in [4.78, 5) is 26.8. The molecule has 1 aromatic carbocycles. The molecule has 2 aliphatic heterocycles. The fourth-order valence-electron chi connectivity index (χ4n) is 3.43. The van der Waals surface area contributed by atoms with Crippen LogP contribution < -0.4 is 0 Å². The van der Waals surface area contributed by atoms with Gasteiger partial charge in [-0.15, -0.1) is 0 Å². The zero-order chi connectivity index (χ0) is 19.4. The highest BCUT2D eigenvalue weighted by molar-refractivity contribution is 6.30. The third-order valence-electron chi connectivity index (χ3n) is 4.72. The van der Waals surface area contributed by atoms with E-state index in [9.17, 15) is 9.59 Å².